The molecular weight excluding hydrogens is 190 g/mol. The molecule has 0 saturated carbocycles. The number of aromatic nitrogens is 4. The van der Waals surface area contributed by atoms with Crippen molar-refractivity contribution in [1.29, 1.82) is 0 Å². The summed E-state index contributed by atoms with van der Waals surface area (Å²) in [4.78, 5) is 0. The van der Waals surface area contributed by atoms with Gasteiger partial charge in [-0.25, -0.2) is 4.68 Å². The molecule has 0 radical (unpaired) electrons. The first-order valence-corrected chi connectivity index (χ1v) is 5.00. The summed E-state index contributed by atoms with van der Waals surface area (Å²) in [5.41, 5.74) is 2.55. The Bertz CT molecular complexity index is 451. The minimum Gasteiger partial charge on any atom is -0.363 e. The molecule has 1 atom stereocenters. The van der Waals surface area contributed by atoms with Crippen LogP contribution in [0.2, 0.25) is 0 Å². The Labute approximate surface area is 87.1 Å². The quantitative estimate of drug-likeness (QED) is 0.754. The van der Waals surface area contributed by atoms with Gasteiger partial charge in [0.2, 0.25) is 0 Å². The number of anilines is 1. The molecule has 1 aromatic carbocycles. The maximum Gasteiger partial charge on any atom is 0.140 e. The lowest BCUT2D eigenvalue weighted by molar-refractivity contribution is 0.448. The van der Waals surface area contributed by atoms with Gasteiger partial charge >= 0.3 is 0 Å². The molecule has 5 heteroatoms. The molecule has 2 aromatic rings. The van der Waals surface area contributed by atoms with Gasteiger partial charge in [-0.3, -0.25) is 0 Å². The Hall–Kier alpha value is -1.91. The van der Waals surface area contributed by atoms with Gasteiger partial charge in [-0.15, -0.1) is 5.10 Å². The van der Waals surface area contributed by atoms with Gasteiger partial charge in [0, 0.05) is 5.69 Å². The highest BCUT2D eigenvalue weighted by molar-refractivity contribution is 5.53. The number of benzene rings is 1. The third-order valence-corrected chi connectivity index (χ3v) is 2.71. The van der Waals surface area contributed by atoms with Crippen LogP contribution in [0, 0.1) is 0 Å². The predicted octanol–water partition coefficient (Wildman–Crippen LogP) is 1.23. The summed E-state index contributed by atoms with van der Waals surface area (Å²) in [6.45, 7) is 0. The summed E-state index contributed by atoms with van der Waals surface area (Å²) >= 11 is 0. The van der Waals surface area contributed by atoms with Gasteiger partial charge < -0.3 is 5.32 Å². The molecule has 1 aliphatic heterocycles. The number of hydrogen-bond donors (Lipinski definition) is 1. The van der Waals surface area contributed by atoms with E-state index in [-0.39, 0.29) is 6.17 Å². The summed E-state index contributed by atoms with van der Waals surface area (Å²) in [5, 5.41) is 14.6. The van der Waals surface area contributed by atoms with Crippen molar-refractivity contribution in [2.75, 3.05) is 5.32 Å². The van der Waals surface area contributed by atoms with E-state index in [0.717, 1.165) is 12.8 Å². The minimum atomic E-state index is 0.176. The van der Waals surface area contributed by atoms with Crippen LogP contribution in [-0.2, 0) is 6.42 Å². The molecule has 0 bridgehead atoms. The molecule has 0 amide bonds. The first-order valence-electron chi connectivity index (χ1n) is 5.00. The number of nitrogens with zero attached hydrogens (tertiary/aromatic N) is 4. The van der Waals surface area contributed by atoms with Gasteiger partial charge in [0.25, 0.3) is 0 Å². The van der Waals surface area contributed by atoms with E-state index in [1.54, 1.807) is 11.0 Å². The van der Waals surface area contributed by atoms with Crippen molar-refractivity contribution in [3.63, 3.8) is 0 Å². The normalized spacial score (nSPS) is 19.3. The van der Waals surface area contributed by atoms with E-state index in [1.165, 1.54) is 11.3 Å². The van der Waals surface area contributed by atoms with Crippen molar-refractivity contribution in [1.82, 2.24) is 20.2 Å². The molecule has 0 aliphatic carbocycles. The number of hydrogen-bond acceptors (Lipinski definition) is 4. The average Bonchev–Trinajstić information content (AvgIpc) is 2.82. The summed E-state index contributed by atoms with van der Waals surface area (Å²) in [6.07, 6.45) is 3.90. The Morgan fingerprint density at radius 1 is 1.33 bits per heavy atom. The van der Waals surface area contributed by atoms with Crippen LogP contribution in [0.25, 0.3) is 0 Å². The number of para-hydroxylation sites is 1. The number of tetrazole rings is 1. The van der Waals surface area contributed by atoms with Gasteiger partial charge in [-0.2, -0.15) is 0 Å². The zero-order valence-electron chi connectivity index (χ0n) is 8.17. The molecule has 0 spiro atoms. The van der Waals surface area contributed by atoms with E-state index in [9.17, 15) is 0 Å². The van der Waals surface area contributed by atoms with Gasteiger partial charge in [0.15, 0.2) is 0 Å². The highest BCUT2D eigenvalue weighted by Gasteiger charge is 2.18. The van der Waals surface area contributed by atoms with E-state index in [2.05, 4.69) is 39.0 Å². The van der Waals surface area contributed by atoms with Crippen molar-refractivity contribution >= 4 is 5.69 Å². The second-order valence-corrected chi connectivity index (χ2v) is 3.65. The zero-order valence-corrected chi connectivity index (χ0v) is 8.17. The highest BCUT2D eigenvalue weighted by Crippen LogP contribution is 2.28. The second kappa shape index (κ2) is 3.34. The van der Waals surface area contributed by atoms with Crippen molar-refractivity contribution in [2.24, 2.45) is 0 Å². The van der Waals surface area contributed by atoms with Gasteiger partial charge in [-0.05, 0) is 34.9 Å². The Balaban J connectivity index is 1.89. The lowest BCUT2D eigenvalue weighted by Gasteiger charge is -2.26. The van der Waals surface area contributed by atoms with Crippen LogP contribution in [-0.4, -0.2) is 20.2 Å². The van der Waals surface area contributed by atoms with E-state index >= 15 is 0 Å². The fourth-order valence-electron chi connectivity index (χ4n) is 1.93. The minimum absolute atomic E-state index is 0.176. The van der Waals surface area contributed by atoms with Crippen LogP contribution in [0.3, 0.4) is 0 Å². The molecule has 0 fully saturated rings. The molecule has 2 heterocycles. The van der Waals surface area contributed by atoms with Crippen LogP contribution in [0.15, 0.2) is 30.6 Å². The Morgan fingerprint density at radius 2 is 2.27 bits per heavy atom. The van der Waals surface area contributed by atoms with E-state index in [1.807, 2.05) is 6.07 Å². The molecule has 1 N–H and O–H groups in total. The van der Waals surface area contributed by atoms with Crippen molar-refractivity contribution in [3.05, 3.63) is 36.2 Å². The summed E-state index contributed by atoms with van der Waals surface area (Å²) in [7, 11) is 0. The predicted molar refractivity (Wildman–Crippen MR) is 55.2 cm³/mol. The SMILES string of the molecule is c1ccc2c(c1)CCC(n1cnnn1)N2. The van der Waals surface area contributed by atoms with Crippen LogP contribution < -0.4 is 5.32 Å². The van der Waals surface area contributed by atoms with Crippen LogP contribution in [0.1, 0.15) is 18.2 Å². The number of aryl methyl sites for hydroxylation is 1. The third kappa shape index (κ3) is 1.45. The lowest BCUT2D eigenvalue weighted by atomic mass is 10.0. The van der Waals surface area contributed by atoms with Crippen LogP contribution in [0.4, 0.5) is 5.69 Å². The van der Waals surface area contributed by atoms with Gasteiger partial charge in [-0.1, -0.05) is 18.2 Å². The molecule has 0 saturated heterocycles. The van der Waals surface area contributed by atoms with E-state index < -0.39 is 0 Å². The second-order valence-electron chi connectivity index (χ2n) is 3.65. The molecule has 5 nitrogen and oxygen atoms in total. The standard InChI is InChI=1S/C10H11N5/c1-2-4-9-8(3-1)5-6-10(12-9)15-7-11-13-14-15/h1-4,7,10,12H,5-6H2. The molecular formula is C10H11N5. The van der Waals surface area contributed by atoms with Crippen LogP contribution in [0.5, 0.6) is 0 Å². The first-order chi connectivity index (χ1) is 7.43. The molecule has 76 valence electrons. The number of nitrogens with one attached hydrogen (secondary N) is 1. The molecule has 15 heavy (non-hydrogen) atoms. The highest BCUT2D eigenvalue weighted by atomic mass is 15.6. The third-order valence-electron chi connectivity index (χ3n) is 2.71. The molecule has 1 aromatic heterocycles. The summed E-state index contributed by atoms with van der Waals surface area (Å²) in [6, 6.07) is 8.34. The van der Waals surface area contributed by atoms with Gasteiger partial charge in [0.05, 0.1) is 0 Å². The fourth-order valence-corrected chi connectivity index (χ4v) is 1.93. The van der Waals surface area contributed by atoms with Gasteiger partial charge in [0.1, 0.15) is 12.5 Å². The number of fused-ring (bicyclic) bond motifs is 1. The number of rotatable bonds is 1. The van der Waals surface area contributed by atoms with E-state index in [4.69, 9.17) is 0 Å². The Morgan fingerprint density at radius 3 is 3.13 bits per heavy atom. The van der Waals surface area contributed by atoms with Crippen molar-refractivity contribution < 1.29 is 0 Å². The molecule has 1 unspecified atom stereocenters. The molecule has 1 aliphatic rings. The smallest absolute Gasteiger partial charge is 0.140 e. The maximum atomic E-state index is 3.91. The average molecular weight is 201 g/mol. The fraction of sp³-hybridized carbons (Fsp3) is 0.300. The summed E-state index contributed by atoms with van der Waals surface area (Å²) in [5.74, 6) is 0. The lowest BCUT2D eigenvalue weighted by Crippen LogP contribution is -2.24. The summed E-state index contributed by atoms with van der Waals surface area (Å²) < 4.78 is 1.76. The molecule has 3 rings (SSSR count). The monoisotopic (exact) mass is 201 g/mol. The van der Waals surface area contributed by atoms with E-state index in [0.29, 0.717) is 0 Å². The zero-order chi connectivity index (χ0) is 10.1. The van der Waals surface area contributed by atoms with Crippen LogP contribution >= 0.6 is 0 Å². The van der Waals surface area contributed by atoms with Crippen molar-refractivity contribution in [3.8, 4) is 0 Å². The van der Waals surface area contributed by atoms with Crippen molar-refractivity contribution in [2.45, 2.75) is 19.0 Å². The maximum absolute atomic E-state index is 3.91. The Kier molecular flexibility index (Phi) is 1.87. The largest absolute Gasteiger partial charge is 0.363 e. The topological polar surface area (TPSA) is 55.6 Å². The first kappa shape index (κ1) is 8.40.